The summed E-state index contributed by atoms with van der Waals surface area (Å²) in [6.07, 6.45) is 2.50. The molecule has 0 spiro atoms. The molecule has 212 valence electrons. The van der Waals surface area contributed by atoms with Crippen LogP contribution in [0, 0.1) is 24.0 Å². The summed E-state index contributed by atoms with van der Waals surface area (Å²) < 4.78 is 19.1. The average molecular weight is 586 g/mol. The standard InChI is InChI=1S/C30H24ClN5O6/c1-19-3-4-20(2)35(19)22-6-9-24(10-7-22)40-18-25-11-13-28(41-25)30(37)34-33-16-21-5-12-27(26(31)15-21)42-29-14-8-23(17-32-29)36(38)39/h3-17H,18H2,1-2H3,(H,34,37)/b33-16+. The van der Waals surface area contributed by atoms with Gasteiger partial charge in [-0.3, -0.25) is 14.9 Å². The van der Waals surface area contributed by atoms with E-state index in [2.05, 4.69) is 46.1 Å². The van der Waals surface area contributed by atoms with Crippen LogP contribution in [-0.4, -0.2) is 26.6 Å². The SMILES string of the molecule is Cc1ccc(C)n1-c1ccc(OCc2ccc(C(=O)N/N=C/c3ccc(Oc4ccc([N+](=O)[O-])cn4)c(Cl)c3)o2)cc1. The minimum atomic E-state index is -0.552. The number of rotatable bonds is 10. The molecule has 0 saturated heterocycles. The van der Waals surface area contributed by atoms with Crippen LogP contribution in [0.15, 0.2) is 94.6 Å². The first-order valence-corrected chi connectivity index (χ1v) is 13.0. The van der Waals surface area contributed by atoms with Crippen LogP contribution < -0.4 is 14.9 Å². The summed E-state index contributed by atoms with van der Waals surface area (Å²) in [7, 11) is 0. The molecule has 0 bridgehead atoms. The molecule has 0 aliphatic rings. The van der Waals surface area contributed by atoms with Crippen molar-refractivity contribution in [1.82, 2.24) is 15.0 Å². The number of carbonyl (C=O) groups is 1. The molecule has 1 N–H and O–H groups in total. The first kappa shape index (κ1) is 28.1. The van der Waals surface area contributed by atoms with Gasteiger partial charge in [-0.1, -0.05) is 11.6 Å². The minimum absolute atomic E-state index is 0.0806. The van der Waals surface area contributed by atoms with Gasteiger partial charge in [-0.05, 0) is 86.1 Å². The number of hydrogen-bond acceptors (Lipinski definition) is 8. The molecule has 11 nitrogen and oxygen atoms in total. The maximum absolute atomic E-state index is 12.5. The van der Waals surface area contributed by atoms with E-state index in [0.29, 0.717) is 22.8 Å². The molecule has 0 aliphatic carbocycles. The predicted octanol–water partition coefficient (Wildman–Crippen LogP) is 6.78. The number of aromatic nitrogens is 2. The van der Waals surface area contributed by atoms with E-state index < -0.39 is 10.8 Å². The zero-order valence-corrected chi connectivity index (χ0v) is 23.2. The number of furan rings is 1. The van der Waals surface area contributed by atoms with Gasteiger partial charge in [-0.2, -0.15) is 5.10 Å². The Morgan fingerprint density at radius 3 is 2.50 bits per heavy atom. The third kappa shape index (κ3) is 6.65. The van der Waals surface area contributed by atoms with E-state index in [1.807, 2.05) is 24.3 Å². The van der Waals surface area contributed by atoms with Crippen molar-refractivity contribution in [2.75, 3.05) is 0 Å². The van der Waals surface area contributed by atoms with Gasteiger partial charge in [0, 0.05) is 29.2 Å². The highest BCUT2D eigenvalue weighted by molar-refractivity contribution is 6.32. The van der Waals surface area contributed by atoms with Crippen molar-refractivity contribution in [3.8, 4) is 23.1 Å². The molecule has 0 saturated carbocycles. The molecule has 12 heteroatoms. The zero-order valence-electron chi connectivity index (χ0n) is 22.5. The first-order chi connectivity index (χ1) is 20.3. The lowest BCUT2D eigenvalue weighted by molar-refractivity contribution is -0.385. The van der Waals surface area contributed by atoms with Gasteiger partial charge >= 0.3 is 5.91 Å². The van der Waals surface area contributed by atoms with Gasteiger partial charge in [-0.25, -0.2) is 10.4 Å². The number of nitrogens with one attached hydrogen (secondary N) is 1. The number of nitrogens with zero attached hydrogens (tertiary/aromatic N) is 4. The van der Waals surface area contributed by atoms with Crippen LogP contribution in [0.25, 0.3) is 5.69 Å². The van der Waals surface area contributed by atoms with E-state index in [1.165, 1.54) is 18.3 Å². The molecule has 0 unspecified atom stereocenters. The van der Waals surface area contributed by atoms with Crippen molar-refractivity contribution in [2.24, 2.45) is 5.10 Å². The number of hydrogen-bond donors (Lipinski definition) is 1. The number of aryl methyl sites for hydroxylation is 2. The molecule has 0 aliphatic heterocycles. The highest BCUT2D eigenvalue weighted by Crippen LogP contribution is 2.29. The van der Waals surface area contributed by atoms with Crippen LogP contribution in [-0.2, 0) is 6.61 Å². The van der Waals surface area contributed by atoms with Crippen molar-refractivity contribution in [2.45, 2.75) is 20.5 Å². The molecule has 5 rings (SSSR count). The van der Waals surface area contributed by atoms with E-state index in [9.17, 15) is 14.9 Å². The second-order valence-corrected chi connectivity index (χ2v) is 9.51. The van der Waals surface area contributed by atoms with E-state index >= 15 is 0 Å². The summed E-state index contributed by atoms with van der Waals surface area (Å²) in [5.41, 5.74) is 6.19. The maximum Gasteiger partial charge on any atom is 0.307 e. The summed E-state index contributed by atoms with van der Waals surface area (Å²) in [4.78, 5) is 26.6. The predicted molar refractivity (Wildman–Crippen MR) is 156 cm³/mol. The Labute approximate surface area is 245 Å². The molecule has 42 heavy (non-hydrogen) atoms. The molecule has 0 fully saturated rings. The van der Waals surface area contributed by atoms with E-state index in [1.54, 1.807) is 30.3 Å². The van der Waals surface area contributed by atoms with Crippen LogP contribution in [0.3, 0.4) is 0 Å². The van der Waals surface area contributed by atoms with Gasteiger partial charge in [0.1, 0.15) is 30.1 Å². The van der Waals surface area contributed by atoms with Crippen molar-refractivity contribution >= 4 is 29.4 Å². The number of hydrazone groups is 1. The van der Waals surface area contributed by atoms with E-state index in [4.69, 9.17) is 25.5 Å². The molecular formula is C30H24ClN5O6. The van der Waals surface area contributed by atoms with Crippen LogP contribution in [0.1, 0.15) is 33.3 Å². The number of nitro groups is 1. The number of carbonyl (C=O) groups excluding carboxylic acids is 1. The second-order valence-electron chi connectivity index (χ2n) is 9.10. The van der Waals surface area contributed by atoms with Gasteiger partial charge in [0.25, 0.3) is 5.69 Å². The normalized spacial score (nSPS) is 11.0. The molecule has 0 radical (unpaired) electrons. The third-order valence-corrected chi connectivity index (χ3v) is 6.41. The number of amides is 1. The Kier molecular flexibility index (Phi) is 8.30. The van der Waals surface area contributed by atoms with E-state index in [-0.39, 0.29) is 29.0 Å². The Hall–Kier alpha value is -5.42. The summed E-state index contributed by atoms with van der Waals surface area (Å²) in [5, 5.41) is 15.0. The molecular weight excluding hydrogens is 562 g/mol. The number of benzene rings is 2. The number of pyridine rings is 1. The molecule has 1 amide bonds. The van der Waals surface area contributed by atoms with Crippen LogP contribution in [0.4, 0.5) is 5.69 Å². The topological polar surface area (TPSA) is 134 Å². The number of ether oxygens (including phenoxy) is 2. The molecule has 0 atom stereocenters. The summed E-state index contributed by atoms with van der Waals surface area (Å²) in [6.45, 7) is 4.27. The van der Waals surface area contributed by atoms with Crippen LogP contribution in [0.2, 0.25) is 5.02 Å². The Morgan fingerprint density at radius 2 is 1.83 bits per heavy atom. The lowest BCUT2D eigenvalue weighted by atomic mass is 10.2. The Balaban J connectivity index is 1.12. The molecule has 3 aromatic heterocycles. The fourth-order valence-electron chi connectivity index (χ4n) is 4.05. The van der Waals surface area contributed by atoms with Crippen LogP contribution >= 0.6 is 11.6 Å². The smallest absolute Gasteiger partial charge is 0.307 e. The van der Waals surface area contributed by atoms with Crippen molar-refractivity contribution in [3.63, 3.8) is 0 Å². The summed E-state index contributed by atoms with van der Waals surface area (Å²) in [6, 6.07) is 22.6. The van der Waals surface area contributed by atoms with Crippen molar-refractivity contribution < 1.29 is 23.6 Å². The summed E-state index contributed by atoms with van der Waals surface area (Å²) >= 11 is 6.28. The van der Waals surface area contributed by atoms with Gasteiger partial charge < -0.3 is 18.5 Å². The van der Waals surface area contributed by atoms with Gasteiger partial charge in [0.05, 0.1) is 16.2 Å². The average Bonchev–Trinajstić information content (AvgIpc) is 3.60. The van der Waals surface area contributed by atoms with Crippen LogP contribution in [0.5, 0.6) is 17.4 Å². The minimum Gasteiger partial charge on any atom is -0.486 e. The summed E-state index contributed by atoms with van der Waals surface area (Å²) in [5.74, 6) is 1.15. The highest BCUT2D eigenvalue weighted by atomic mass is 35.5. The van der Waals surface area contributed by atoms with Crippen molar-refractivity contribution in [1.29, 1.82) is 0 Å². The lowest BCUT2D eigenvalue weighted by Crippen LogP contribution is -2.16. The maximum atomic E-state index is 12.5. The molecule has 2 aromatic carbocycles. The monoisotopic (exact) mass is 585 g/mol. The molecule has 3 heterocycles. The van der Waals surface area contributed by atoms with Gasteiger partial charge in [0.2, 0.25) is 5.88 Å². The van der Waals surface area contributed by atoms with Crippen molar-refractivity contribution in [3.05, 3.63) is 129 Å². The molecule has 5 aromatic rings. The Morgan fingerprint density at radius 1 is 1.07 bits per heavy atom. The quantitative estimate of drug-likeness (QED) is 0.108. The second kappa shape index (κ2) is 12.4. The Bertz CT molecular complexity index is 1740. The largest absolute Gasteiger partial charge is 0.486 e. The van der Waals surface area contributed by atoms with Gasteiger partial charge in [0.15, 0.2) is 5.76 Å². The fourth-order valence-corrected chi connectivity index (χ4v) is 4.28. The van der Waals surface area contributed by atoms with E-state index in [0.717, 1.165) is 23.3 Å². The highest BCUT2D eigenvalue weighted by Gasteiger charge is 2.12. The fraction of sp³-hybridized carbons (Fsp3) is 0.100. The lowest BCUT2D eigenvalue weighted by Gasteiger charge is -2.10. The van der Waals surface area contributed by atoms with Gasteiger partial charge in [-0.15, -0.1) is 0 Å². The first-order valence-electron chi connectivity index (χ1n) is 12.6. The number of halogens is 1. The zero-order chi connectivity index (χ0) is 29.6. The third-order valence-electron chi connectivity index (χ3n) is 6.11.